The van der Waals surface area contributed by atoms with Crippen molar-refractivity contribution >= 4 is 35.2 Å². The molecular formula is C22H15N3O5. The molecule has 3 aromatic rings. The molecule has 0 saturated heterocycles. The minimum Gasteiger partial charge on any atom is -0.452 e. The van der Waals surface area contributed by atoms with E-state index >= 15 is 0 Å². The van der Waals surface area contributed by atoms with Gasteiger partial charge in [-0.2, -0.15) is 0 Å². The Bertz CT molecular complexity index is 1130. The molecule has 0 radical (unpaired) electrons. The first-order chi connectivity index (χ1) is 14.5. The molecule has 0 fully saturated rings. The van der Waals surface area contributed by atoms with E-state index in [-0.39, 0.29) is 11.3 Å². The quantitative estimate of drug-likeness (QED) is 0.521. The second-order valence-electron chi connectivity index (χ2n) is 6.38. The highest BCUT2D eigenvalue weighted by Crippen LogP contribution is 2.28. The van der Waals surface area contributed by atoms with Crippen molar-refractivity contribution in [3.05, 3.63) is 89.6 Å². The van der Waals surface area contributed by atoms with Gasteiger partial charge in [-0.3, -0.25) is 14.4 Å². The van der Waals surface area contributed by atoms with Crippen LogP contribution >= 0.6 is 0 Å². The molecule has 0 aliphatic carbocycles. The van der Waals surface area contributed by atoms with Crippen molar-refractivity contribution in [3.63, 3.8) is 0 Å². The summed E-state index contributed by atoms with van der Waals surface area (Å²) in [5.74, 6) is -1.89. The number of imide groups is 1. The molecule has 0 spiro atoms. The summed E-state index contributed by atoms with van der Waals surface area (Å²) in [4.78, 5) is 54.4. The predicted octanol–water partition coefficient (Wildman–Crippen LogP) is 2.68. The van der Waals surface area contributed by atoms with Gasteiger partial charge in [0.2, 0.25) is 0 Å². The number of fused-ring (bicyclic) bond motifs is 1. The van der Waals surface area contributed by atoms with Gasteiger partial charge in [0.1, 0.15) is 5.82 Å². The van der Waals surface area contributed by atoms with Gasteiger partial charge in [0.25, 0.3) is 17.7 Å². The maximum absolute atomic E-state index is 12.6. The summed E-state index contributed by atoms with van der Waals surface area (Å²) in [7, 11) is 0. The zero-order chi connectivity index (χ0) is 21.1. The summed E-state index contributed by atoms with van der Waals surface area (Å²) in [5.41, 5.74) is 0.964. The molecular weight excluding hydrogens is 386 g/mol. The van der Waals surface area contributed by atoms with E-state index in [0.29, 0.717) is 16.9 Å². The minimum absolute atomic E-state index is 0.106. The number of benzene rings is 2. The number of rotatable bonds is 5. The molecule has 1 N–H and O–H groups in total. The second kappa shape index (κ2) is 7.96. The van der Waals surface area contributed by atoms with Crippen LogP contribution in [-0.2, 0) is 9.53 Å². The number of hydrogen-bond donors (Lipinski definition) is 1. The fourth-order valence-electron chi connectivity index (χ4n) is 3.03. The van der Waals surface area contributed by atoms with Gasteiger partial charge >= 0.3 is 5.97 Å². The number of hydrogen-bond acceptors (Lipinski definition) is 6. The van der Waals surface area contributed by atoms with Gasteiger partial charge in [-0.05, 0) is 42.5 Å². The summed E-state index contributed by atoms with van der Waals surface area (Å²) < 4.78 is 5.03. The molecule has 1 aliphatic heterocycles. The Balaban J connectivity index is 1.45. The van der Waals surface area contributed by atoms with Gasteiger partial charge in [-0.1, -0.05) is 24.3 Å². The van der Waals surface area contributed by atoms with Crippen LogP contribution in [0, 0.1) is 0 Å². The molecule has 30 heavy (non-hydrogen) atoms. The van der Waals surface area contributed by atoms with E-state index in [1.807, 2.05) is 0 Å². The lowest BCUT2D eigenvalue weighted by Crippen LogP contribution is -2.29. The van der Waals surface area contributed by atoms with Crippen LogP contribution in [0.2, 0.25) is 0 Å². The van der Waals surface area contributed by atoms with Crippen molar-refractivity contribution in [1.29, 1.82) is 0 Å². The number of aromatic nitrogens is 1. The fourth-order valence-corrected chi connectivity index (χ4v) is 3.03. The molecule has 148 valence electrons. The van der Waals surface area contributed by atoms with Crippen LogP contribution in [0.1, 0.15) is 31.1 Å². The number of nitrogens with one attached hydrogen (secondary N) is 1. The number of ether oxygens (including phenoxy) is 1. The maximum atomic E-state index is 12.6. The number of nitrogens with zero attached hydrogens (tertiary/aromatic N) is 2. The Morgan fingerprint density at radius 1 is 0.900 bits per heavy atom. The second-order valence-corrected chi connectivity index (χ2v) is 6.38. The summed E-state index contributed by atoms with van der Waals surface area (Å²) in [6.45, 7) is -0.507. The van der Waals surface area contributed by atoms with Crippen LogP contribution in [0.3, 0.4) is 0 Å². The molecule has 8 heteroatoms. The number of esters is 1. The molecule has 2 aromatic carbocycles. The van der Waals surface area contributed by atoms with Gasteiger partial charge in [0.05, 0.1) is 22.4 Å². The van der Waals surface area contributed by atoms with Crippen molar-refractivity contribution in [1.82, 2.24) is 4.98 Å². The largest absolute Gasteiger partial charge is 0.452 e. The van der Waals surface area contributed by atoms with Gasteiger partial charge in [-0.15, -0.1) is 0 Å². The zero-order valence-corrected chi connectivity index (χ0v) is 15.6. The van der Waals surface area contributed by atoms with E-state index in [1.165, 1.54) is 24.4 Å². The normalized spacial score (nSPS) is 12.5. The third-order valence-corrected chi connectivity index (χ3v) is 4.40. The van der Waals surface area contributed by atoms with Gasteiger partial charge in [0, 0.05) is 6.20 Å². The van der Waals surface area contributed by atoms with Crippen LogP contribution in [-0.4, -0.2) is 35.3 Å². The molecule has 0 bridgehead atoms. The molecule has 1 aliphatic rings. The maximum Gasteiger partial charge on any atom is 0.338 e. The number of carbonyl (C=O) groups is 4. The van der Waals surface area contributed by atoms with Crippen molar-refractivity contribution < 1.29 is 23.9 Å². The smallest absolute Gasteiger partial charge is 0.338 e. The Hall–Kier alpha value is -4.33. The van der Waals surface area contributed by atoms with E-state index in [0.717, 1.165) is 4.90 Å². The zero-order valence-electron chi connectivity index (χ0n) is 15.6. The number of carbonyl (C=O) groups excluding carboxylic acids is 4. The van der Waals surface area contributed by atoms with Crippen molar-refractivity contribution in [2.24, 2.45) is 0 Å². The lowest BCUT2D eigenvalue weighted by Gasteiger charge is -2.14. The lowest BCUT2D eigenvalue weighted by molar-refractivity contribution is -0.119. The molecule has 0 atom stereocenters. The SMILES string of the molecule is O=C(COC(=O)c1cccc(N2C(=O)c3ccccc3C2=O)c1)Nc1ccccn1. The highest BCUT2D eigenvalue weighted by Gasteiger charge is 2.36. The monoisotopic (exact) mass is 401 g/mol. The van der Waals surface area contributed by atoms with Gasteiger partial charge < -0.3 is 10.1 Å². The first-order valence-electron chi connectivity index (χ1n) is 9.00. The third kappa shape index (κ3) is 3.66. The topological polar surface area (TPSA) is 106 Å². The first kappa shape index (κ1) is 19.0. The summed E-state index contributed by atoms with van der Waals surface area (Å²) in [6, 6.07) is 17.5. The highest BCUT2D eigenvalue weighted by atomic mass is 16.5. The lowest BCUT2D eigenvalue weighted by atomic mass is 10.1. The fraction of sp³-hybridized carbons (Fsp3) is 0.0455. The Kier molecular flexibility index (Phi) is 5.04. The Morgan fingerprint density at radius 2 is 1.60 bits per heavy atom. The average Bonchev–Trinajstić information content (AvgIpc) is 3.03. The number of anilines is 2. The standard InChI is InChI=1S/C22H15N3O5/c26-19(24-18-10-3-4-11-23-18)13-30-22(29)14-6-5-7-15(12-14)25-20(27)16-8-1-2-9-17(16)21(25)28/h1-12H,13H2,(H,23,24,26). The summed E-state index contributed by atoms with van der Waals surface area (Å²) in [5, 5.41) is 2.50. The van der Waals surface area contributed by atoms with E-state index in [9.17, 15) is 19.2 Å². The average molecular weight is 401 g/mol. The van der Waals surface area contributed by atoms with E-state index < -0.39 is 30.3 Å². The molecule has 0 unspecified atom stereocenters. The molecule has 3 amide bonds. The highest BCUT2D eigenvalue weighted by molar-refractivity contribution is 6.34. The predicted molar refractivity (Wildman–Crippen MR) is 107 cm³/mol. The van der Waals surface area contributed by atoms with E-state index in [1.54, 1.807) is 48.5 Å². The van der Waals surface area contributed by atoms with E-state index in [2.05, 4.69) is 10.3 Å². The summed E-state index contributed by atoms with van der Waals surface area (Å²) >= 11 is 0. The first-order valence-corrected chi connectivity index (χ1v) is 9.00. The number of amides is 3. The van der Waals surface area contributed by atoms with Gasteiger partial charge in [-0.25, -0.2) is 14.7 Å². The molecule has 2 heterocycles. The summed E-state index contributed by atoms with van der Waals surface area (Å²) in [6.07, 6.45) is 1.52. The molecule has 4 rings (SSSR count). The molecule has 0 saturated carbocycles. The Morgan fingerprint density at radius 3 is 2.27 bits per heavy atom. The van der Waals surface area contributed by atoms with Crippen LogP contribution in [0.5, 0.6) is 0 Å². The van der Waals surface area contributed by atoms with Gasteiger partial charge in [0.15, 0.2) is 6.61 Å². The molecule has 1 aromatic heterocycles. The van der Waals surface area contributed by atoms with Crippen molar-refractivity contribution in [3.8, 4) is 0 Å². The third-order valence-electron chi connectivity index (χ3n) is 4.40. The van der Waals surface area contributed by atoms with Crippen LogP contribution in [0.4, 0.5) is 11.5 Å². The minimum atomic E-state index is -0.760. The molecule has 8 nitrogen and oxygen atoms in total. The van der Waals surface area contributed by atoms with E-state index in [4.69, 9.17) is 4.74 Å². The van der Waals surface area contributed by atoms with Crippen LogP contribution < -0.4 is 10.2 Å². The van der Waals surface area contributed by atoms with Crippen LogP contribution in [0.15, 0.2) is 72.9 Å². The van der Waals surface area contributed by atoms with Crippen LogP contribution in [0.25, 0.3) is 0 Å². The van der Waals surface area contributed by atoms with Crippen molar-refractivity contribution in [2.45, 2.75) is 0 Å². The number of pyridine rings is 1. The Labute approximate surface area is 171 Å². The van der Waals surface area contributed by atoms with Crippen molar-refractivity contribution in [2.75, 3.05) is 16.8 Å².